The van der Waals surface area contributed by atoms with Crippen LogP contribution in [0.5, 0.6) is 0 Å². The maximum absolute atomic E-state index is 12.7. The summed E-state index contributed by atoms with van der Waals surface area (Å²) in [5, 5.41) is 3.04. The third-order valence-corrected chi connectivity index (χ3v) is 2.67. The predicted molar refractivity (Wildman–Crippen MR) is 70.7 cm³/mol. The highest BCUT2D eigenvalue weighted by molar-refractivity contribution is 7.80. The number of rotatable bonds is 5. The average Bonchev–Trinajstić information content (AvgIpc) is 2.27. The topological polar surface area (TPSA) is 38.0 Å². The number of thiocarbonyl (C=S) groups is 1. The molecule has 1 aromatic rings. The van der Waals surface area contributed by atoms with Gasteiger partial charge < -0.3 is 11.1 Å². The molecule has 1 aromatic carbocycles. The number of hydrogen-bond donors (Lipinski definition) is 2. The number of alkyl halides is 3. The quantitative estimate of drug-likeness (QED) is 0.638. The Kier molecular flexibility index (Phi) is 4.95. The summed E-state index contributed by atoms with van der Waals surface area (Å²) < 4.78 is 38.1. The molecule has 0 saturated heterocycles. The number of nitrogens with one attached hydrogen (secondary N) is 1. The van der Waals surface area contributed by atoms with Crippen molar-refractivity contribution in [2.24, 2.45) is 5.73 Å². The molecule has 0 aromatic heterocycles. The Balaban J connectivity index is 3.01. The maximum atomic E-state index is 12.7. The molecule has 18 heavy (non-hydrogen) atoms. The van der Waals surface area contributed by atoms with Gasteiger partial charge in [0.05, 0.1) is 5.56 Å². The third-order valence-electron chi connectivity index (χ3n) is 2.45. The first-order valence-corrected chi connectivity index (χ1v) is 6.02. The van der Waals surface area contributed by atoms with Gasteiger partial charge in [0.1, 0.15) is 4.99 Å². The van der Waals surface area contributed by atoms with Crippen LogP contribution in [0.1, 0.15) is 30.9 Å². The average molecular weight is 276 g/mol. The fourth-order valence-corrected chi connectivity index (χ4v) is 1.68. The molecule has 0 aliphatic carbocycles. The summed E-state index contributed by atoms with van der Waals surface area (Å²) in [6, 6.07) is 3.74. The fourth-order valence-electron chi connectivity index (χ4n) is 1.51. The van der Waals surface area contributed by atoms with Crippen molar-refractivity contribution < 1.29 is 13.2 Å². The smallest absolute Gasteiger partial charge is 0.389 e. The number of unbranched alkanes of at least 4 members (excludes halogenated alkanes) is 1. The van der Waals surface area contributed by atoms with Gasteiger partial charge in [0.25, 0.3) is 0 Å². The minimum absolute atomic E-state index is 0.140. The molecule has 6 heteroatoms. The van der Waals surface area contributed by atoms with Crippen molar-refractivity contribution in [1.82, 2.24) is 0 Å². The SMILES string of the molecule is CCCCNc1ccc(C(F)(F)F)c(C(N)=S)c1. The lowest BCUT2D eigenvalue weighted by atomic mass is 10.1. The zero-order chi connectivity index (χ0) is 13.8. The largest absolute Gasteiger partial charge is 0.417 e. The van der Waals surface area contributed by atoms with Crippen LogP contribution in [0.15, 0.2) is 18.2 Å². The Hall–Kier alpha value is -1.30. The Morgan fingerprint density at radius 1 is 1.39 bits per heavy atom. The molecule has 0 aliphatic rings. The molecule has 1 rings (SSSR count). The van der Waals surface area contributed by atoms with E-state index in [9.17, 15) is 13.2 Å². The van der Waals surface area contributed by atoms with Crippen molar-refractivity contribution in [2.45, 2.75) is 25.9 Å². The van der Waals surface area contributed by atoms with E-state index in [0.29, 0.717) is 12.2 Å². The molecule has 0 amide bonds. The molecule has 0 bridgehead atoms. The van der Waals surface area contributed by atoms with Crippen LogP contribution in [0.25, 0.3) is 0 Å². The fraction of sp³-hybridized carbons (Fsp3) is 0.417. The number of hydrogen-bond acceptors (Lipinski definition) is 2. The van der Waals surface area contributed by atoms with Crippen LogP contribution in [-0.2, 0) is 6.18 Å². The van der Waals surface area contributed by atoms with E-state index in [1.807, 2.05) is 6.92 Å². The molecular formula is C12H15F3N2S. The van der Waals surface area contributed by atoms with Gasteiger partial charge in [-0.15, -0.1) is 0 Å². The van der Waals surface area contributed by atoms with Gasteiger partial charge in [-0.1, -0.05) is 25.6 Å². The molecule has 100 valence electrons. The Morgan fingerprint density at radius 2 is 2.06 bits per heavy atom. The highest BCUT2D eigenvalue weighted by atomic mass is 32.1. The second-order valence-electron chi connectivity index (χ2n) is 3.90. The Morgan fingerprint density at radius 3 is 2.56 bits per heavy atom. The van der Waals surface area contributed by atoms with Crippen molar-refractivity contribution in [3.05, 3.63) is 29.3 Å². The molecule has 0 unspecified atom stereocenters. The van der Waals surface area contributed by atoms with Crippen molar-refractivity contribution in [1.29, 1.82) is 0 Å². The molecule has 0 radical (unpaired) electrons. The highest BCUT2D eigenvalue weighted by Gasteiger charge is 2.33. The van der Waals surface area contributed by atoms with Gasteiger partial charge in [0, 0.05) is 17.8 Å². The van der Waals surface area contributed by atoms with Gasteiger partial charge in [0.2, 0.25) is 0 Å². The van der Waals surface area contributed by atoms with Gasteiger partial charge in [-0.25, -0.2) is 0 Å². The summed E-state index contributed by atoms with van der Waals surface area (Å²) in [6.45, 7) is 2.74. The first kappa shape index (κ1) is 14.8. The van der Waals surface area contributed by atoms with Crippen LogP contribution < -0.4 is 11.1 Å². The van der Waals surface area contributed by atoms with E-state index in [1.54, 1.807) is 0 Å². The van der Waals surface area contributed by atoms with E-state index in [4.69, 9.17) is 5.73 Å². The van der Waals surface area contributed by atoms with E-state index < -0.39 is 11.7 Å². The van der Waals surface area contributed by atoms with Crippen molar-refractivity contribution in [3.8, 4) is 0 Å². The molecule has 0 aliphatic heterocycles. The van der Waals surface area contributed by atoms with E-state index >= 15 is 0 Å². The lowest BCUT2D eigenvalue weighted by Crippen LogP contribution is -2.18. The molecule has 0 heterocycles. The van der Waals surface area contributed by atoms with E-state index in [0.717, 1.165) is 18.9 Å². The van der Waals surface area contributed by atoms with Crippen molar-refractivity contribution in [2.75, 3.05) is 11.9 Å². The second kappa shape index (κ2) is 6.04. The minimum atomic E-state index is -4.44. The van der Waals surface area contributed by atoms with E-state index in [-0.39, 0.29) is 10.6 Å². The van der Waals surface area contributed by atoms with Gasteiger partial charge in [0.15, 0.2) is 0 Å². The first-order chi connectivity index (χ1) is 8.36. The van der Waals surface area contributed by atoms with Crippen LogP contribution >= 0.6 is 12.2 Å². The number of halogens is 3. The van der Waals surface area contributed by atoms with E-state index in [1.165, 1.54) is 12.1 Å². The van der Waals surface area contributed by atoms with Crippen LogP contribution in [0.3, 0.4) is 0 Å². The van der Waals surface area contributed by atoms with Crippen LogP contribution in [0.4, 0.5) is 18.9 Å². The van der Waals surface area contributed by atoms with Crippen LogP contribution in [0.2, 0.25) is 0 Å². The summed E-state index contributed by atoms with van der Waals surface area (Å²) in [5.74, 6) is 0. The van der Waals surface area contributed by atoms with Gasteiger partial charge >= 0.3 is 6.18 Å². The zero-order valence-electron chi connectivity index (χ0n) is 9.97. The summed E-state index contributed by atoms with van der Waals surface area (Å²) in [4.78, 5) is -0.249. The summed E-state index contributed by atoms with van der Waals surface area (Å²) >= 11 is 4.66. The molecular weight excluding hydrogens is 261 g/mol. The maximum Gasteiger partial charge on any atom is 0.417 e. The zero-order valence-corrected chi connectivity index (χ0v) is 10.8. The van der Waals surface area contributed by atoms with Crippen LogP contribution in [0, 0.1) is 0 Å². The normalized spacial score (nSPS) is 11.3. The molecule has 0 fully saturated rings. The number of anilines is 1. The number of nitrogens with two attached hydrogens (primary N) is 1. The summed E-state index contributed by atoms with van der Waals surface area (Å²) in [5.41, 5.74) is 5.00. The lowest BCUT2D eigenvalue weighted by Gasteiger charge is -2.14. The Bertz CT molecular complexity index is 430. The van der Waals surface area contributed by atoms with Crippen molar-refractivity contribution >= 4 is 22.9 Å². The van der Waals surface area contributed by atoms with Crippen LogP contribution in [-0.4, -0.2) is 11.5 Å². The standard InChI is InChI=1S/C12H15F3N2S/c1-2-3-6-17-8-4-5-10(12(13,14)15)9(7-8)11(16)18/h4-5,7,17H,2-3,6H2,1H3,(H2,16,18). The first-order valence-electron chi connectivity index (χ1n) is 5.61. The van der Waals surface area contributed by atoms with Gasteiger partial charge in [-0.3, -0.25) is 0 Å². The lowest BCUT2D eigenvalue weighted by molar-refractivity contribution is -0.137. The molecule has 3 N–H and O–H groups in total. The minimum Gasteiger partial charge on any atom is -0.389 e. The molecule has 0 atom stereocenters. The van der Waals surface area contributed by atoms with Gasteiger partial charge in [-0.05, 0) is 24.6 Å². The number of benzene rings is 1. The van der Waals surface area contributed by atoms with Gasteiger partial charge in [-0.2, -0.15) is 13.2 Å². The van der Waals surface area contributed by atoms with E-state index in [2.05, 4.69) is 17.5 Å². The highest BCUT2D eigenvalue weighted by Crippen LogP contribution is 2.33. The third kappa shape index (κ3) is 3.87. The second-order valence-corrected chi connectivity index (χ2v) is 4.34. The Labute approximate surface area is 109 Å². The molecule has 2 nitrogen and oxygen atoms in total. The van der Waals surface area contributed by atoms with Crippen molar-refractivity contribution in [3.63, 3.8) is 0 Å². The summed E-state index contributed by atoms with van der Waals surface area (Å²) in [6.07, 6.45) is -2.49. The molecule has 0 spiro atoms. The molecule has 0 saturated carbocycles. The predicted octanol–water partition coefficient (Wildman–Crippen LogP) is 3.55. The summed E-state index contributed by atoms with van der Waals surface area (Å²) in [7, 11) is 0. The monoisotopic (exact) mass is 276 g/mol.